The molecule has 0 radical (unpaired) electrons. The molecule has 5 heteroatoms. The second kappa shape index (κ2) is 6.64. The molecule has 0 unspecified atom stereocenters. The van der Waals surface area contributed by atoms with Crippen molar-refractivity contribution in [2.75, 3.05) is 32.9 Å². The quantitative estimate of drug-likeness (QED) is 0.916. The summed E-state index contributed by atoms with van der Waals surface area (Å²) in [6.45, 7) is 4.62. The van der Waals surface area contributed by atoms with E-state index in [0.717, 1.165) is 31.7 Å². The van der Waals surface area contributed by atoms with Gasteiger partial charge in [0, 0.05) is 37.8 Å². The summed E-state index contributed by atoms with van der Waals surface area (Å²) in [5.41, 5.74) is 1.28. The van der Waals surface area contributed by atoms with Crippen molar-refractivity contribution in [3.63, 3.8) is 0 Å². The minimum absolute atomic E-state index is 0.278. The fraction of sp³-hybridized carbons (Fsp3) is 0.571. The molecule has 1 N–H and O–H groups in total. The van der Waals surface area contributed by atoms with E-state index >= 15 is 0 Å². The zero-order chi connectivity index (χ0) is 13.8. The molecule has 106 valence electrons. The van der Waals surface area contributed by atoms with Gasteiger partial charge in [-0.1, -0.05) is 17.7 Å². The molecule has 1 aliphatic heterocycles. The lowest BCUT2D eigenvalue weighted by Gasteiger charge is -2.35. The van der Waals surface area contributed by atoms with Crippen LogP contribution in [-0.2, 0) is 0 Å². The van der Waals surface area contributed by atoms with Crippen LogP contribution in [0.4, 0.5) is 8.78 Å². The maximum Gasteiger partial charge on any atom is 0.129 e. The van der Waals surface area contributed by atoms with E-state index in [4.69, 9.17) is 11.6 Å². The van der Waals surface area contributed by atoms with E-state index in [1.165, 1.54) is 6.07 Å². The topological polar surface area (TPSA) is 15.3 Å². The van der Waals surface area contributed by atoms with Crippen molar-refractivity contribution in [3.05, 3.63) is 34.1 Å². The van der Waals surface area contributed by atoms with Gasteiger partial charge >= 0.3 is 0 Å². The second-order valence-electron chi connectivity index (χ2n) is 4.87. The molecule has 1 heterocycles. The average Bonchev–Trinajstić information content (AvgIpc) is 2.43. The van der Waals surface area contributed by atoms with Gasteiger partial charge in [0.25, 0.3) is 0 Å². The Bertz CT molecular complexity index is 434. The van der Waals surface area contributed by atoms with Crippen LogP contribution in [0.2, 0.25) is 5.02 Å². The smallest absolute Gasteiger partial charge is 0.129 e. The Morgan fingerprint density at radius 1 is 1.37 bits per heavy atom. The monoisotopic (exact) mass is 288 g/mol. The highest BCUT2D eigenvalue weighted by molar-refractivity contribution is 6.32. The molecule has 0 aromatic heterocycles. The first-order chi connectivity index (χ1) is 9.15. The zero-order valence-electron chi connectivity index (χ0n) is 11.1. The molecule has 1 aromatic carbocycles. The first kappa shape index (κ1) is 14.7. The van der Waals surface area contributed by atoms with Crippen molar-refractivity contribution >= 4 is 11.6 Å². The van der Waals surface area contributed by atoms with Crippen molar-refractivity contribution in [1.29, 1.82) is 0 Å². The number of piperazine rings is 1. The summed E-state index contributed by atoms with van der Waals surface area (Å²) in [4.78, 5) is 2.11. The number of rotatable bonds is 4. The van der Waals surface area contributed by atoms with Crippen molar-refractivity contribution in [1.82, 2.24) is 10.2 Å². The maximum absolute atomic E-state index is 14.1. The maximum atomic E-state index is 14.1. The van der Waals surface area contributed by atoms with Crippen LogP contribution in [0.1, 0.15) is 23.6 Å². The molecule has 1 aromatic rings. The van der Waals surface area contributed by atoms with Gasteiger partial charge in [-0.25, -0.2) is 4.39 Å². The Balaban J connectivity index is 2.35. The summed E-state index contributed by atoms with van der Waals surface area (Å²) < 4.78 is 26.9. The summed E-state index contributed by atoms with van der Waals surface area (Å²) in [7, 11) is 0. The van der Waals surface area contributed by atoms with Crippen LogP contribution < -0.4 is 5.32 Å². The van der Waals surface area contributed by atoms with E-state index in [9.17, 15) is 8.78 Å². The Morgan fingerprint density at radius 2 is 2.05 bits per heavy atom. The molecule has 0 amide bonds. The number of hydrogen-bond donors (Lipinski definition) is 1. The van der Waals surface area contributed by atoms with Gasteiger partial charge in [0.2, 0.25) is 0 Å². The highest BCUT2D eigenvalue weighted by atomic mass is 35.5. The number of aryl methyl sites for hydroxylation is 1. The lowest BCUT2D eigenvalue weighted by Crippen LogP contribution is -2.45. The lowest BCUT2D eigenvalue weighted by atomic mass is 9.99. The third-order valence-corrected chi connectivity index (χ3v) is 4.13. The van der Waals surface area contributed by atoms with Crippen LogP contribution in [-0.4, -0.2) is 37.8 Å². The number of hydrogen-bond acceptors (Lipinski definition) is 2. The van der Waals surface area contributed by atoms with Gasteiger partial charge in [0.15, 0.2) is 0 Å². The molecular formula is C14H19ClF2N2. The van der Waals surface area contributed by atoms with E-state index in [1.54, 1.807) is 6.07 Å². The second-order valence-corrected chi connectivity index (χ2v) is 5.25. The number of nitrogens with zero attached hydrogens (tertiary/aromatic N) is 1. The summed E-state index contributed by atoms with van der Waals surface area (Å²) in [5.74, 6) is -0.340. The summed E-state index contributed by atoms with van der Waals surface area (Å²) >= 11 is 6.24. The van der Waals surface area contributed by atoms with Gasteiger partial charge in [0.05, 0.1) is 11.7 Å². The first-order valence-electron chi connectivity index (χ1n) is 6.60. The third-order valence-electron chi connectivity index (χ3n) is 3.63. The molecule has 2 rings (SSSR count). The Morgan fingerprint density at radius 3 is 2.68 bits per heavy atom. The van der Waals surface area contributed by atoms with Gasteiger partial charge in [-0.05, 0) is 25.0 Å². The molecule has 2 nitrogen and oxygen atoms in total. The first-order valence-corrected chi connectivity index (χ1v) is 6.98. The minimum Gasteiger partial charge on any atom is -0.314 e. The summed E-state index contributed by atoms with van der Waals surface area (Å²) in [6.07, 6.45) is 0.278. The molecule has 19 heavy (non-hydrogen) atoms. The lowest BCUT2D eigenvalue weighted by molar-refractivity contribution is 0.154. The number of benzene rings is 1. The van der Waals surface area contributed by atoms with Crippen LogP contribution >= 0.6 is 11.6 Å². The largest absolute Gasteiger partial charge is 0.314 e. The number of halogens is 3. The minimum atomic E-state index is -0.474. The van der Waals surface area contributed by atoms with E-state index in [1.807, 2.05) is 6.92 Å². The van der Waals surface area contributed by atoms with Gasteiger partial charge < -0.3 is 5.32 Å². The van der Waals surface area contributed by atoms with Crippen molar-refractivity contribution in [3.8, 4) is 0 Å². The zero-order valence-corrected chi connectivity index (χ0v) is 11.8. The molecule has 0 aliphatic carbocycles. The van der Waals surface area contributed by atoms with Crippen LogP contribution in [0.3, 0.4) is 0 Å². The van der Waals surface area contributed by atoms with E-state index in [2.05, 4.69) is 10.2 Å². The van der Waals surface area contributed by atoms with Crippen molar-refractivity contribution in [2.45, 2.75) is 19.4 Å². The van der Waals surface area contributed by atoms with Crippen LogP contribution in [0, 0.1) is 12.7 Å². The van der Waals surface area contributed by atoms with Gasteiger partial charge in [0.1, 0.15) is 5.82 Å². The standard InChI is InChI=1S/C14H19ClF2N2/c1-10-2-3-11(17)13(14(10)15)12(4-5-16)19-8-6-18-7-9-19/h2-3,12,18H,4-9H2,1H3/t12-/m1/s1. The Labute approximate surface area is 117 Å². The highest BCUT2D eigenvalue weighted by Gasteiger charge is 2.27. The molecule has 0 bridgehead atoms. The Hall–Kier alpha value is -0.710. The molecule has 1 aliphatic rings. The number of nitrogens with one attached hydrogen (secondary N) is 1. The fourth-order valence-electron chi connectivity index (χ4n) is 2.59. The van der Waals surface area contributed by atoms with Crippen LogP contribution in [0.15, 0.2) is 12.1 Å². The molecule has 1 fully saturated rings. The molecule has 1 saturated heterocycles. The third kappa shape index (κ3) is 3.25. The SMILES string of the molecule is Cc1ccc(F)c([C@@H](CCF)N2CCNCC2)c1Cl. The average molecular weight is 289 g/mol. The van der Waals surface area contributed by atoms with Crippen LogP contribution in [0.5, 0.6) is 0 Å². The van der Waals surface area contributed by atoms with Gasteiger partial charge in [-0.15, -0.1) is 0 Å². The predicted octanol–water partition coefficient (Wildman–Crippen LogP) is 3.09. The molecular weight excluding hydrogens is 270 g/mol. The van der Waals surface area contributed by atoms with Gasteiger partial charge in [-0.2, -0.15) is 0 Å². The molecule has 1 atom stereocenters. The molecule has 0 saturated carbocycles. The van der Waals surface area contributed by atoms with Crippen molar-refractivity contribution < 1.29 is 8.78 Å². The van der Waals surface area contributed by atoms with Crippen molar-refractivity contribution in [2.24, 2.45) is 0 Å². The van der Waals surface area contributed by atoms with E-state index in [0.29, 0.717) is 10.6 Å². The number of alkyl halides is 1. The molecule has 0 spiro atoms. The van der Waals surface area contributed by atoms with Crippen LogP contribution in [0.25, 0.3) is 0 Å². The van der Waals surface area contributed by atoms with Gasteiger partial charge in [-0.3, -0.25) is 9.29 Å². The predicted molar refractivity (Wildman–Crippen MR) is 73.9 cm³/mol. The normalized spacial score (nSPS) is 18.5. The summed E-state index contributed by atoms with van der Waals surface area (Å²) in [5, 5.41) is 3.67. The Kier molecular flexibility index (Phi) is 5.13. The fourth-order valence-corrected chi connectivity index (χ4v) is 2.87. The van der Waals surface area contributed by atoms with E-state index < -0.39 is 6.67 Å². The summed E-state index contributed by atoms with van der Waals surface area (Å²) in [6, 6.07) is 2.80. The highest BCUT2D eigenvalue weighted by Crippen LogP contribution is 2.34. The van der Waals surface area contributed by atoms with E-state index in [-0.39, 0.29) is 18.3 Å².